The van der Waals surface area contributed by atoms with E-state index in [9.17, 15) is 20.0 Å². The lowest BCUT2D eigenvalue weighted by atomic mass is 9.92. The molecule has 3 rings (SSSR count). The normalized spacial score (nSPS) is 11.3. The summed E-state index contributed by atoms with van der Waals surface area (Å²) in [6, 6.07) is 19.5. The number of aromatic nitrogens is 1. The van der Waals surface area contributed by atoms with Gasteiger partial charge in [0.15, 0.2) is 0 Å². The summed E-state index contributed by atoms with van der Waals surface area (Å²) in [6.07, 6.45) is 1.36. The molecule has 2 N–H and O–H groups in total. The molecule has 3 aromatic rings. The van der Waals surface area contributed by atoms with E-state index in [1.165, 1.54) is 18.3 Å². The zero-order valence-electron chi connectivity index (χ0n) is 14.5. The molecule has 1 aromatic heterocycles. The second-order valence-corrected chi connectivity index (χ2v) is 6.72. The van der Waals surface area contributed by atoms with E-state index in [4.69, 9.17) is 0 Å². The molecule has 1 heterocycles. The maximum atomic E-state index is 12.4. The van der Waals surface area contributed by atoms with Crippen molar-refractivity contribution in [2.24, 2.45) is 0 Å². The molecular weight excluding hydrogens is 422 g/mol. The highest BCUT2D eigenvalue weighted by atomic mass is 79.9. The quantitative estimate of drug-likeness (QED) is 0.615. The number of carboxylic acid groups (broad SMARTS) is 1. The van der Waals surface area contributed by atoms with Crippen LogP contribution in [0.5, 0.6) is 0 Å². The van der Waals surface area contributed by atoms with Gasteiger partial charge in [-0.05, 0) is 35.4 Å². The molecule has 0 aliphatic heterocycles. The average Bonchev–Trinajstić information content (AvgIpc) is 2.71. The van der Waals surface area contributed by atoms with Crippen LogP contribution in [0.3, 0.4) is 0 Å². The van der Waals surface area contributed by atoms with Gasteiger partial charge in [-0.15, -0.1) is 0 Å². The van der Waals surface area contributed by atoms with Crippen LogP contribution in [0.1, 0.15) is 37.9 Å². The summed E-state index contributed by atoms with van der Waals surface area (Å²) in [4.78, 5) is 27.6. The Balaban J connectivity index is 1.86. The molecule has 0 aliphatic rings. The van der Waals surface area contributed by atoms with Crippen LogP contribution >= 0.6 is 15.9 Å². The van der Waals surface area contributed by atoms with Crippen molar-refractivity contribution in [3.63, 3.8) is 0 Å². The van der Waals surface area contributed by atoms with Gasteiger partial charge >= 0.3 is 5.97 Å². The van der Waals surface area contributed by atoms with Crippen molar-refractivity contribution < 1.29 is 14.7 Å². The molecule has 0 saturated heterocycles. The van der Waals surface area contributed by atoms with Gasteiger partial charge in [0.25, 0.3) is 5.91 Å². The van der Waals surface area contributed by atoms with E-state index < -0.39 is 17.8 Å². The van der Waals surface area contributed by atoms with E-state index in [0.717, 1.165) is 11.1 Å². The van der Waals surface area contributed by atoms with Crippen molar-refractivity contribution >= 4 is 33.5 Å². The van der Waals surface area contributed by atoms with Gasteiger partial charge in [0.2, 0.25) is 0 Å². The first-order valence-electron chi connectivity index (χ1n) is 8.25. The third kappa shape index (κ3) is 4.08. The van der Waals surface area contributed by atoms with Gasteiger partial charge in [-0.2, -0.15) is 5.26 Å². The number of pyridine rings is 1. The van der Waals surface area contributed by atoms with Gasteiger partial charge in [-0.3, -0.25) is 9.78 Å². The second kappa shape index (κ2) is 8.46. The van der Waals surface area contributed by atoms with Crippen molar-refractivity contribution in [2.75, 3.05) is 5.32 Å². The number of rotatable bonds is 5. The number of anilines is 1. The maximum Gasteiger partial charge on any atom is 0.338 e. The van der Waals surface area contributed by atoms with Crippen molar-refractivity contribution in [3.05, 3.63) is 93.7 Å². The maximum absolute atomic E-state index is 12.4. The van der Waals surface area contributed by atoms with E-state index in [1.54, 1.807) is 18.2 Å². The number of carboxylic acids is 1. The largest absolute Gasteiger partial charge is 0.478 e. The number of carbonyl (C=O) groups is 2. The van der Waals surface area contributed by atoms with Gasteiger partial charge in [0, 0.05) is 16.4 Å². The van der Waals surface area contributed by atoms with Gasteiger partial charge in [0.1, 0.15) is 5.69 Å². The van der Waals surface area contributed by atoms with Gasteiger partial charge in [0.05, 0.1) is 17.6 Å². The Morgan fingerprint density at radius 1 is 1.11 bits per heavy atom. The first-order valence-corrected chi connectivity index (χ1v) is 9.04. The zero-order valence-corrected chi connectivity index (χ0v) is 16.1. The fourth-order valence-corrected chi connectivity index (χ4v) is 3.36. The third-order valence-electron chi connectivity index (χ3n) is 4.08. The second-order valence-electron chi connectivity index (χ2n) is 5.87. The molecule has 7 heteroatoms. The molecule has 0 bridgehead atoms. The standard InChI is InChI=1S/C21H14BrN3O3/c22-18-11-14(25-20(26)19-16(21(27)28)7-4-10-24-19)8-9-15(18)17(12-23)13-5-2-1-3-6-13/h1-11,17H,(H,25,26)(H,27,28). The highest BCUT2D eigenvalue weighted by Gasteiger charge is 2.19. The number of nitriles is 1. The minimum Gasteiger partial charge on any atom is -0.478 e. The number of hydrogen-bond donors (Lipinski definition) is 2. The van der Waals surface area contributed by atoms with Crippen molar-refractivity contribution in [1.29, 1.82) is 5.26 Å². The van der Waals surface area contributed by atoms with Crippen LogP contribution in [0.4, 0.5) is 5.69 Å². The Labute approximate surface area is 169 Å². The molecule has 0 radical (unpaired) electrons. The zero-order chi connectivity index (χ0) is 20.1. The minimum absolute atomic E-state index is 0.172. The van der Waals surface area contributed by atoms with Gasteiger partial charge in [-0.1, -0.05) is 52.3 Å². The SMILES string of the molecule is N#CC(c1ccccc1)c1ccc(NC(=O)c2ncccc2C(=O)O)cc1Br. The summed E-state index contributed by atoms with van der Waals surface area (Å²) in [6.45, 7) is 0. The fraction of sp³-hybridized carbons (Fsp3) is 0.0476. The molecule has 0 aliphatic carbocycles. The fourth-order valence-electron chi connectivity index (χ4n) is 2.76. The molecule has 0 saturated carbocycles. The van der Waals surface area contributed by atoms with E-state index in [0.29, 0.717) is 10.2 Å². The van der Waals surface area contributed by atoms with Crippen LogP contribution in [-0.4, -0.2) is 22.0 Å². The lowest BCUT2D eigenvalue weighted by molar-refractivity contribution is 0.0691. The van der Waals surface area contributed by atoms with Crippen LogP contribution in [-0.2, 0) is 0 Å². The average molecular weight is 436 g/mol. The summed E-state index contributed by atoms with van der Waals surface area (Å²) in [5.74, 6) is -2.32. The van der Waals surface area contributed by atoms with Crippen molar-refractivity contribution in [3.8, 4) is 6.07 Å². The summed E-state index contributed by atoms with van der Waals surface area (Å²) in [5.41, 5.74) is 1.73. The highest BCUT2D eigenvalue weighted by Crippen LogP contribution is 2.32. The van der Waals surface area contributed by atoms with E-state index >= 15 is 0 Å². The Morgan fingerprint density at radius 3 is 2.50 bits per heavy atom. The van der Waals surface area contributed by atoms with Gasteiger partial charge in [-0.25, -0.2) is 4.79 Å². The Bertz CT molecular complexity index is 1080. The van der Waals surface area contributed by atoms with Crippen LogP contribution in [0.25, 0.3) is 0 Å². The number of nitrogens with zero attached hydrogens (tertiary/aromatic N) is 2. The number of hydrogen-bond acceptors (Lipinski definition) is 4. The molecule has 1 unspecified atom stereocenters. The first-order chi connectivity index (χ1) is 13.5. The lowest BCUT2D eigenvalue weighted by Crippen LogP contribution is -2.18. The van der Waals surface area contributed by atoms with E-state index in [1.807, 2.05) is 30.3 Å². The topological polar surface area (TPSA) is 103 Å². The highest BCUT2D eigenvalue weighted by molar-refractivity contribution is 9.10. The molecule has 0 fully saturated rings. The molecule has 1 amide bonds. The molecule has 0 spiro atoms. The van der Waals surface area contributed by atoms with Crippen LogP contribution in [0.2, 0.25) is 0 Å². The Kier molecular flexibility index (Phi) is 5.82. The van der Waals surface area contributed by atoms with Crippen LogP contribution in [0, 0.1) is 11.3 Å². The van der Waals surface area contributed by atoms with Crippen LogP contribution < -0.4 is 5.32 Å². The van der Waals surface area contributed by atoms with Crippen molar-refractivity contribution in [1.82, 2.24) is 4.98 Å². The monoisotopic (exact) mass is 435 g/mol. The summed E-state index contributed by atoms with van der Waals surface area (Å²) >= 11 is 3.46. The predicted molar refractivity (Wildman–Crippen MR) is 107 cm³/mol. The molecule has 6 nitrogen and oxygen atoms in total. The number of aromatic carboxylic acids is 1. The molecule has 2 aromatic carbocycles. The Hall–Kier alpha value is -3.50. The summed E-state index contributed by atoms with van der Waals surface area (Å²) < 4.78 is 0.653. The van der Waals surface area contributed by atoms with Crippen LogP contribution in [0.15, 0.2) is 71.3 Å². The molecule has 28 heavy (non-hydrogen) atoms. The molecule has 1 atom stereocenters. The number of nitrogens with one attached hydrogen (secondary N) is 1. The predicted octanol–water partition coefficient (Wildman–Crippen LogP) is 4.45. The third-order valence-corrected chi connectivity index (χ3v) is 4.77. The lowest BCUT2D eigenvalue weighted by Gasteiger charge is -2.14. The van der Waals surface area contributed by atoms with E-state index in [2.05, 4.69) is 32.3 Å². The van der Waals surface area contributed by atoms with Gasteiger partial charge < -0.3 is 10.4 Å². The van der Waals surface area contributed by atoms with E-state index in [-0.39, 0.29) is 11.3 Å². The molecule has 138 valence electrons. The number of amides is 1. The first kappa shape index (κ1) is 19.3. The number of benzene rings is 2. The van der Waals surface area contributed by atoms with Crippen molar-refractivity contribution in [2.45, 2.75) is 5.92 Å². The smallest absolute Gasteiger partial charge is 0.338 e. The Morgan fingerprint density at radius 2 is 1.86 bits per heavy atom. The minimum atomic E-state index is -1.23. The number of halogens is 1. The summed E-state index contributed by atoms with van der Waals surface area (Å²) in [5, 5.41) is 21.4. The summed E-state index contributed by atoms with van der Waals surface area (Å²) in [7, 11) is 0. The number of carbonyl (C=O) groups excluding carboxylic acids is 1. The molecular formula is C21H14BrN3O3.